The van der Waals surface area contributed by atoms with Gasteiger partial charge in [-0.1, -0.05) is 27.7 Å². The quantitative estimate of drug-likeness (QED) is 0.779. The molecule has 19 heavy (non-hydrogen) atoms. The van der Waals surface area contributed by atoms with Crippen LogP contribution in [0.5, 0.6) is 5.88 Å². The average molecular weight is 265 g/mol. The van der Waals surface area contributed by atoms with Gasteiger partial charge in [-0.2, -0.15) is 0 Å². The summed E-state index contributed by atoms with van der Waals surface area (Å²) in [6.45, 7) is 11.7. The number of nitrogens with zero attached hydrogens (tertiary/aromatic N) is 2. The van der Waals surface area contributed by atoms with Crippen molar-refractivity contribution in [2.24, 2.45) is 5.92 Å². The summed E-state index contributed by atoms with van der Waals surface area (Å²) in [5.41, 5.74) is 1.08. The van der Waals surface area contributed by atoms with Crippen LogP contribution in [-0.4, -0.2) is 22.6 Å². The molecule has 0 amide bonds. The number of hydrogen-bond acceptors (Lipinski definition) is 4. The fourth-order valence-electron chi connectivity index (χ4n) is 2.11. The van der Waals surface area contributed by atoms with E-state index in [9.17, 15) is 0 Å². The molecular formula is C15H27N3O. The summed E-state index contributed by atoms with van der Waals surface area (Å²) >= 11 is 0. The molecule has 0 aromatic carbocycles. The van der Waals surface area contributed by atoms with Crippen molar-refractivity contribution in [1.29, 1.82) is 0 Å². The highest BCUT2D eigenvalue weighted by molar-refractivity contribution is 5.48. The molecule has 4 heteroatoms. The third kappa shape index (κ3) is 5.05. The topological polar surface area (TPSA) is 47.0 Å². The van der Waals surface area contributed by atoms with Crippen molar-refractivity contribution in [3.63, 3.8) is 0 Å². The van der Waals surface area contributed by atoms with Gasteiger partial charge in [-0.3, -0.25) is 0 Å². The van der Waals surface area contributed by atoms with E-state index in [1.165, 1.54) is 0 Å². The van der Waals surface area contributed by atoms with Crippen molar-refractivity contribution >= 4 is 5.82 Å². The van der Waals surface area contributed by atoms with Crippen molar-refractivity contribution in [2.45, 2.75) is 60.0 Å². The summed E-state index contributed by atoms with van der Waals surface area (Å²) in [5.74, 6) is 2.26. The Balaban J connectivity index is 2.81. The fourth-order valence-corrected chi connectivity index (χ4v) is 2.11. The van der Waals surface area contributed by atoms with Gasteiger partial charge in [0.1, 0.15) is 12.1 Å². The maximum absolute atomic E-state index is 5.98. The molecule has 0 fully saturated rings. The van der Waals surface area contributed by atoms with Crippen LogP contribution in [0.4, 0.5) is 5.82 Å². The first-order valence-corrected chi connectivity index (χ1v) is 7.32. The van der Waals surface area contributed by atoms with Crippen LogP contribution in [-0.2, 0) is 6.42 Å². The van der Waals surface area contributed by atoms with Gasteiger partial charge < -0.3 is 10.1 Å². The molecule has 1 rings (SSSR count). The van der Waals surface area contributed by atoms with Gasteiger partial charge in [0.15, 0.2) is 0 Å². The second-order valence-corrected chi connectivity index (χ2v) is 5.34. The van der Waals surface area contributed by atoms with Gasteiger partial charge in [-0.25, -0.2) is 9.97 Å². The highest BCUT2D eigenvalue weighted by Crippen LogP contribution is 2.24. The molecule has 1 aromatic rings. The van der Waals surface area contributed by atoms with Crippen LogP contribution in [0, 0.1) is 5.92 Å². The van der Waals surface area contributed by atoms with E-state index in [1.807, 2.05) is 0 Å². The summed E-state index contributed by atoms with van der Waals surface area (Å²) < 4.78 is 5.98. The second-order valence-electron chi connectivity index (χ2n) is 5.34. The average Bonchev–Trinajstić information content (AvgIpc) is 2.35. The predicted octanol–water partition coefficient (Wildman–Crippen LogP) is 3.67. The molecule has 0 saturated carbocycles. The molecule has 1 N–H and O–H groups in total. The van der Waals surface area contributed by atoms with Crippen molar-refractivity contribution in [2.75, 3.05) is 11.9 Å². The van der Waals surface area contributed by atoms with Gasteiger partial charge >= 0.3 is 0 Å². The van der Waals surface area contributed by atoms with E-state index in [-0.39, 0.29) is 6.10 Å². The molecule has 108 valence electrons. The van der Waals surface area contributed by atoms with Crippen molar-refractivity contribution in [1.82, 2.24) is 9.97 Å². The Hall–Kier alpha value is -1.32. The van der Waals surface area contributed by atoms with Gasteiger partial charge in [-0.15, -0.1) is 0 Å². The first-order valence-electron chi connectivity index (χ1n) is 7.32. The standard InChI is InChI=1S/C15H27N3O/c1-6-8-16-14-13(7-2)15(18-10-17-14)19-12(5)9-11(3)4/h10-12H,6-9H2,1-5H3,(H,16,17,18). The lowest BCUT2D eigenvalue weighted by molar-refractivity contribution is 0.183. The highest BCUT2D eigenvalue weighted by atomic mass is 16.5. The van der Waals surface area contributed by atoms with E-state index in [4.69, 9.17) is 4.74 Å². The molecule has 0 aliphatic rings. The smallest absolute Gasteiger partial charge is 0.222 e. The Kier molecular flexibility index (Phi) is 6.60. The van der Waals surface area contributed by atoms with Gasteiger partial charge in [0.05, 0.1) is 11.7 Å². The van der Waals surface area contributed by atoms with E-state index < -0.39 is 0 Å². The zero-order valence-corrected chi connectivity index (χ0v) is 12.9. The monoisotopic (exact) mass is 265 g/mol. The van der Waals surface area contributed by atoms with Crippen LogP contribution in [0.2, 0.25) is 0 Å². The van der Waals surface area contributed by atoms with Crippen LogP contribution in [0.25, 0.3) is 0 Å². The van der Waals surface area contributed by atoms with Crippen LogP contribution in [0.3, 0.4) is 0 Å². The predicted molar refractivity (Wildman–Crippen MR) is 79.7 cm³/mol. The summed E-state index contributed by atoms with van der Waals surface area (Å²) in [7, 11) is 0. The third-order valence-corrected chi connectivity index (χ3v) is 2.92. The number of rotatable bonds is 8. The minimum Gasteiger partial charge on any atom is -0.474 e. The molecule has 0 radical (unpaired) electrons. The van der Waals surface area contributed by atoms with Gasteiger partial charge in [0.2, 0.25) is 5.88 Å². The van der Waals surface area contributed by atoms with Crippen LogP contribution in [0.15, 0.2) is 6.33 Å². The third-order valence-electron chi connectivity index (χ3n) is 2.92. The SMILES string of the molecule is CCCNc1ncnc(OC(C)CC(C)C)c1CC. The number of hydrogen-bond donors (Lipinski definition) is 1. The Bertz CT molecular complexity index is 380. The van der Waals surface area contributed by atoms with Crippen molar-refractivity contribution in [3.05, 3.63) is 11.9 Å². The summed E-state index contributed by atoms with van der Waals surface area (Å²) in [6, 6.07) is 0. The first kappa shape index (κ1) is 15.7. The zero-order chi connectivity index (χ0) is 14.3. The lowest BCUT2D eigenvalue weighted by Gasteiger charge is -2.19. The molecule has 1 aromatic heterocycles. The molecule has 0 spiro atoms. The lowest BCUT2D eigenvalue weighted by Crippen LogP contribution is -2.17. The Morgan fingerprint density at radius 1 is 1.21 bits per heavy atom. The van der Waals surface area contributed by atoms with Crippen molar-refractivity contribution < 1.29 is 4.74 Å². The van der Waals surface area contributed by atoms with Gasteiger partial charge in [0.25, 0.3) is 0 Å². The van der Waals surface area contributed by atoms with Gasteiger partial charge in [-0.05, 0) is 32.1 Å². The first-order chi connectivity index (χ1) is 9.08. The number of anilines is 1. The van der Waals surface area contributed by atoms with E-state index in [0.29, 0.717) is 5.92 Å². The molecule has 0 bridgehead atoms. The van der Waals surface area contributed by atoms with E-state index >= 15 is 0 Å². The summed E-state index contributed by atoms with van der Waals surface area (Å²) in [4.78, 5) is 8.61. The molecular weight excluding hydrogens is 238 g/mol. The zero-order valence-electron chi connectivity index (χ0n) is 12.9. The molecule has 4 nitrogen and oxygen atoms in total. The number of nitrogens with one attached hydrogen (secondary N) is 1. The number of aromatic nitrogens is 2. The lowest BCUT2D eigenvalue weighted by atomic mass is 10.1. The Morgan fingerprint density at radius 3 is 2.53 bits per heavy atom. The van der Waals surface area contributed by atoms with Crippen LogP contribution >= 0.6 is 0 Å². The minimum absolute atomic E-state index is 0.180. The molecule has 1 unspecified atom stereocenters. The van der Waals surface area contributed by atoms with Crippen LogP contribution in [0.1, 0.15) is 53.0 Å². The summed E-state index contributed by atoms with van der Waals surface area (Å²) in [5, 5.41) is 3.34. The Morgan fingerprint density at radius 2 is 1.95 bits per heavy atom. The second kappa shape index (κ2) is 7.97. The maximum Gasteiger partial charge on any atom is 0.222 e. The fraction of sp³-hybridized carbons (Fsp3) is 0.733. The van der Waals surface area contributed by atoms with Crippen LogP contribution < -0.4 is 10.1 Å². The van der Waals surface area contributed by atoms with Gasteiger partial charge in [0, 0.05) is 6.54 Å². The number of ether oxygens (including phenoxy) is 1. The van der Waals surface area contributed by atoms with Crippen molar-refractivity contribution in [3.8, 4) is 5.88 Å². The largest absolute Gasteiger partial charge is 0.474 e. The molecule has 1 atom stereocenters. The normalized spacial score (nSPS) is 12.5. The Labute approximate surface area is 117 Å². The van der Waals surface area contributed by atoms with E-state index in [2.05, 4.69) is 49.9 Å². The maximum atomic E-state index is 5.98. The highest BCUT2D eigenvalue weighted by Gasteiger charge is 2.14. The van der Waals surface area contributed by atoms with E-state index in [1.54, 1.807) is 6.33 Å². The molecule has 0 aliphatic carbocycles. The molecule has 0 aliphatic heterocycles. The molecule has 1 heterocycles. The minimum atomic E-state index is 0.180. The molecule has 0 saturated heterocycles. The summed E-state index contributed by atoms with van der Waals surface area (Å²) in [6.07, 6.45) is 4.74. The van der Waals surface area contributed by atoms with E-state index in [0.717, 1.165) is 43.1 Å².